The van der Waals surface area contributed by atoms with E-state index in [9.17, 15) is 22.8 Å². The number of likely N-dealkylation sites (tertiary alicyclic amines) is 2. The summed E-state index contributed by atoms with van der Waals surface area (Å²) in [5.41, 5.74) is 0.509. The van der Waals surface area contributed by atoms with E-state index >= 15 is 0 Å². The predicted octanol–water partition coefficient (Wildman–Crippen LogP) is -0.823. The standard InChI is InChI=1S/C19H27N5O5S/c1-22-10-14(9-20-22)18(26)21-15-2-5-23(6-3-15)19(27)13-8-17(25)24(11-13)16-4-7-30(28,29)12-16/h9-10,13,15-16H,2-8,11-12H2,1H3,(H,21,26)/t13-,16+/m0/s1. The van der Waals surface area contributed by atoms with Crippen LogP contribution in [0.1, 0.15) is 36.0 Å². The highest BCUT2D eigenvalue weighted by Gasteiger charge is 2.43. The van der Waals surface area contributed by atoms with Gasteiger partial charge in [-0.15, -0.1) is 0 Å². The Morgan fingerprint density at radius 2 is 1.93 bits per heavy atom. The third-order valence-corrected chi connectivity index (χ3v) is 8.02. The van der Waals surface area contributed by atoms with Crippen LogP contribution in [0.25, 0.3) is 0 Å². The first-order chi connectivity index (χ1) is 14.2. The van der Waals surface area contributed by atoms with Crippen LogP contribution in [0.4, 0.5) is 0 Å². The molecule has 0 bridgehead atoms. The van der Waals surface area contributed by atoms with Crippen LogP contribution >= 0.6 is 0 Å². The van der Waals surface area contributed by atoms with Gasteiger partial charge in [-0.3, -0.25) is 19.1 Å². The molecule has 2 atom stereocenters. The fourth-order valence-corrected chi connectivity index (χ4v) is 6.31. The first-order valence-corrected chi connectivity index (χ1v) is 12.1. The van der Waals surface area contributed by atoms with Crippen LogP contribution in [0.2, 0.25) is 0 Å². The predicted molar refractivity (Wildman–Crippen MR) is 107 cm³/mol. The van der Waals surface area contributed by atoms with E-state index in [1.807, 2.05) is 0 Å². The highest BCUT2D eigenvalue weighted by Crippen LogP contribution is 2.28. The average Bonchev–Trinajstić information content (AvgIpc) is 3.40. The van der Waals surface area contributed by atoms with Crippen LogP contribution in [0, 0.1) is 5.92 Å². The number of sulfone groups is 1. The Morgan fingerprint density at radius 1 is 1.20 bits per heavy atom. The van der Waals surface area contributed by atoms with Gasteiger partial charge in [-0.2, -0.15) is 5.10 Å². The van der Waals surface area contributed by atoms with E-state index in [-0.39, 0.29) is 47.7 Å². The molecule has 1 N–H and O–H groups in total. The summed E-state index contributed by atoms with van der Waals surface area (Å²) in [6.45, 7) is 1.36. The third kappa shape index (κ3) is 4.35. The zero-order valence-corrected chi connectivity index (χ0v) is 17.8. The van der Waals surface area contributed by atoms with Gasteiger partial charge in [0.25, 0.3) is 5.91 Å². The van der Waals surface area contributed by atoms with Crippen molar-refractivity contribution in [3.05, 3.63) is 18.0 Å². The van der Waals surface area contributed by atoms with Gasteiger partial charge in [0.05, 0.1) is 29.2 Å². The second-order valence-electron chi connectivity index (χ2n) is 8.48. The Labute approximate surface area is 175 Å². The molecule has 0 aromatic carbocycles. The minimum Gasteiger partial charge on any atom is -0.349 e. The molecule has 0 unspecified atom stereocenters. The van der Waals surface area contributed by atoms with E-state index in [2.05, 4.69) is 10.4 Å². The zero-order valence-electron chi connectivity index (χ0n) is 17.0. The number of nitrogens with one attached hydrogen (secondary N) is 1. The SMILES string of the molecule is Cn1cc(C(=O)NC2CCN(C(=O)[C@H]3CC(=O)N([C@@H]4CCS(=O)(=O)C4)C3)CC2)cn1. The molecular formula is C19H27N5O5S. The third-order valence-electron chi connectivity index (χ3n) is 6.27. The molecular weight excluding hydrogens is 410 g/mol. The molecule has 0 spiro atoms. The number of hydrogen-bond acceptors (Lipinski definition) is 6. The topological polar surface area (TPSA) is 122 Å². The van der Waals surface area contributed by atoms with Gasteiger partial charge in [-0.1, -0.05) is 0 Å². The van der Waals surface area contributed by atoms with Crippen molar-refractivity contribution < 1.29 is 22.8 Å². The summed E-state index contributed by atoms with van der Waals surface area (Å²) < 4.78 is 25.0. The molecule has 164 valence electrons. The maximum atomic E-state index is 12.9. The van der Waals surface area contributed by atoms with Gasteiger partial charge in [0.15, 0.2) is 9.84 Å². The first kappa shape index (κ1) is 20.8. The fraction of sp³-hybridized carbons (Fsp3) is 0.684. The van der Waals surface area contributed by atoms with Crippen LogP contribution in [0.3, 0.4) is 0 Å². The summed E-state index contributed by atoms with van der Waals surface area (Å²) in [4.78, 5) is 40.9. The molecule has 3 aliphatic rings. The molecule has 0 radical (unpaired) electrons. The Balaban J connectivity index is 1.27. The van der Waals surface area contributed by atoms with Crippen molar-refractivity contribution in [2.75, 3.05) is 31.1 Å². The van der Waals surface area contributed by atoms with E-state index in [0.29, 0.717) is 44.5 Å². The summed E-state index contributed by atoms with van der Waals surface area (Å²) in [6, 6.07) is -0.305. The van der Waals surface area contributed by atoms with Crippen molar-refractivity contribution in [2.45, 2.75) is 37.8 Å². The van der Waals surface area contributed by atoms with Gasteiger partial charge in [-0.25, -0.2) is 8.42 Å². The zero-order chi connectivity index (χ0) is 21.5. The molecule has 3 saturated heterocycles. The highest BCUT2D eigenvalue weighted by atomic mass is 32.2. The van der Waals surface area contributed by atoms with E-state index < -0.39 is 15.8 Å². The summed E-state index contributed by atoms with van der Waals surface area (Å²) in [6.07, 6.45) is 5.09. The second kappa shape index (κ2) is 8.01. The van der Waals surface area contributed by atoms with Crippen molar-refractivity contribution in [1.82, 2.24) is 24.9 Å². The molecule has 1 aromatic heterocycles. The number of hydrogen-bond donors (Lipinski definition) is 1. The molecule has 10 nitrogen and oxygen atoms in total. The van der Waals surface area contributed by atoms with Crippen molar-refractivity contribution in [3.8, 4) is 0 Å². The smallest absolute Gasteiger partial charge is 0.254 e. The van der Waals surface area contributed by atoms with Crippen LogP contribution in [0.5, 0.6) is 0 Å². The largest absolute Gasteiger partial charge is 0.349 e. The molecule has 0 saturated carbocycles. The normalized spacial score (nSPS) is 26.9. The lowest BCUT2D eigenvalue weighted by atomic mass is 10.0. The molecule has 3 amide bonds. The minimum absolute atomic E-state index is 0.00166. The lowest BCUT2D eigenvalue weighted by Crippen LogP contribution is -2.48. The van der Waals surface area contributed by atoms with E-state index in [4.69, 9.17) is 0 Å². The van der Waals surface area contributed by atoms with Crippen LogP contribution in [-0.4, -0.2) is 88.9 Å². The quantitative estimate of drug-likeness (QED) is 0.657. The Kier molecular flexibility index (Phi) is 5.56. The fourth-order valence-electron chi connectivity index (χ4n) is 4.58. The summed E-state index contributed by atoms with van der Waals surface area (Å²) in [5.74, 6) is -0.656. The van der Waals surface area contributed by atoms with Crippen molar-refractivity contribution in [3.63, 3.8) is 0 Å². The monoisotopic (exact) mass is 437 g/mol. The molecule has 3 aliphatic heterocycles. The van der Waals surface area contributed by atoms with E-state index in [1.54, 1.807) is 27.7 Å². The average molecular weight is 438 g/mol. The minimum atomic E-state index is -3.08. The Bertz CT molecular complexity index is 950. The van der Waals surface area contributed by atoms with Gasteiger partial charge < -0.3 is 15.1 Å². The van der Waals surface area contributed by atoms with Crippen molar-refractivity contribution >= 4 is 27.6 Å². The van der Waals surface area contributed by atoms with Crippen LogP contribution in [-0.2, 0) is 26.5 Å². The summed E-state index contributed by atoms with van der Waals surface area (Å²) in [7, 11) is -1.33. The number of rotatable bonds is 4. The highest BCUT2D eigenvalue weighted by molar-refractivity contribution is 7.91. The maximum Gasteiger partial charge on any atom is 0.254 e. The molecule has 1 aromatic rings. The summed E-state index contributed by atoms with van der Waals surface area (Å²) in [5, 5.41) is 6.98. The Hall–Kier alpha value is -2.43. The summed E-state index contributed by atoms with van der Waals surface area (Å²) >= 11 is 0. The maximum absolute atomic E-state index is 12.9. The molecule has 30 heavy (non-hydrogen) atoms. The molecule has 4 heterocycles. The van der Waals surface area contributed by atoms with Gasteiger partial charge in [0, 0.05) is 51.4 Å². The number of carbonyl (C=O) groups excluding carboxylic acids is 3. The van der Waals surface area contributed by atoms with Crippen LogP contribution in [0.15, 0.2) is 12.4 Å². The lowest BCUT2D eigenvalue weighted by molar-refractivity contribution is -0.136. The van der Waals surface area contributed by atoms with E-state index in [0.717, 1.165) is 0 Å². The first-order valence-electron chi connectivity index (χ1n) is 10.3. The van der Waals surface area contributed by atoms with Gasteiger partial charge in [0.1, 0.15) is 0 Å². The second-order valence-corrected chi connectivity index (χ2v) is 10.7. The number of amides is 3. The van der Waals surface area contributed by atoms with Crippen molar-refractivity contribution in [1.29, 1.82) is 0 Å². The molecule has 3 fully saturated rings. The Morgan fingerprint density at radius 3 is 2.53 bits per heavy atom. The number of aryl methyl sites for hydroxylation is 1. The number of aromatic nitrogens is 2. The van der Waals surface area contributed by atoms with Gasteiger partial charge in [-0.05, 0) is 19.3 Å². The lowest BCUT2D eigenvalue weighted by Gasteiger charge is -2.34. The number of piperidine rings is 1. The number of nitrogens with zero attached hydrogens (tertiary/aromatic N) is 4. The van der Waals surface area contributed by atoms with Gasteiger partial charge >= 0.3 is 0 Å². The van der Waals surface area contributed by atoms with E-state index in [1.165, 1.54) is 6.20 Å². The molecule has 0 aliphatic carbocycles. The molecule has 11 heteroatoms. The van der Waals surface area contributed by atoms with Gasteiger partial charge in [0.2, 0.25) is 11.8 Å². The van der Waals surface area contributed by atoms with Crippen LogP contribution < -0.4 is 5.32 Å². The molecule has 4 rings (SSSR count). The number of carbonyl (C=O) groups is 3. The van der Waals surface area contributed by atoms with Crippen molar-refractivity contribution in [2.24, 2.45) is 13.0 Å².